The van der Waals surface area contributed by atoms with Crippen LogP contribution in [-0.4, -0.2) is 13.0 Å². The van der Waals surface area contributed by atoms with Crippen LogP contribution in [0.1, 0.15) is 28.4 Å². The summed E-state index contributed by atoms with van der Waals surface area (Å²) in [6.45, 7) is 4.08. The van der Waals surface area contributed by atoms with Crippen molar-refractivity contribution in [2.24, 2.45) is 0 Å². The Kier molecular flexibility index (Phi) is 5.77. The maximum absolute atomic E-state index is 12.6. The molecule has 0 aliphatic rings. The first-order chi connectivity index (χ1) is 13.1. The van der Waals surface area contributed by atoms with Crippen LogP contribution >= 0.6 is 0 Å². The molecule has 1 amide bonds. The zero-order valence-corrected chi connectivity index (χ0v) is 15.8. The zero-order chi connectivity index (χ0) is 19.2. The number of carbonyl (C=O) groups is 1. The van der Waals surface area contributed by atoms with Crippen LogP contribution in [0.5, 0.6) is 17.2 Å². The fourth-order valence-corrected chi connectivity index (χ4v) is 2.84. The number of carbonyl (C=O) groups excluding carboxylic acids is 1. The first kappa shape index (κ1) is 18.5. The molecule has 0 aliphatic carbocycles. The minimum absolute atomic E-state index is 0.130. The first-order valence-electron chi connectivity index (χ1n) is 8.92. The van der Waals surface area contributed by atoms with Crippen LogP contribution in [0.3, 0.4) is 0 Å². The van der Waals surface area contributed by atoms with Crippen LogP contribution < -0.4 is 14.8 Å². The molecule has 0 atom stereocenters. The third-order valence-electron chi connectivity index (χ3n) is 4.39. The largest absolute Gasteiger partial charge is 0.497 e. The Morgan fingerprint density at radius 1 is 0.889 bits per heavy atom. The predicted molar refractivity (Wildman–Crippen MR) is 108 cm³/mol. The Hall–Kier alpha value is -3.27. The van der Waals surface area contributed by atoms with Crippen molar-refractivity contribution in [3.8, 4) is 17.2 Å². The molecule has 0 heterocycles. The molecule has 0 radical (unpaired) electrons. The minimum atomic E-state index is -0.130. The van der Waals surface area contributed by atoms with Crippen molar-refractivity contribution in [1.29, 1.82) is 0 Å². The second kappa shape index (κ2) is 8.41. The molecule has 138 valence electrons. The van der Waals surface area contributed by atoms with Crippen molar-refractivity contribution in [3.05, 3.63) is 83.4 Å². The fraction of sp³-hybridized carbons (Fsp3) is 0.174. The van der Waals surface area contributed by atoms with Crippen LogP contribution in [0.4, 0.5) is 5.69 Å². The van der Waals surface area contributed by atoms with Gasteiger partial charge < -0.3 is 14.8 Å². The van der Waals surface area contributed by atoms with E-state index in [2.05, 4.69) is 12.2 Å². The quantitative estimate of drug-likeness (QED) is 0.621. The lowest BCUT2D eigenvalue weighted by Gasteiger charge is -2.13. The second-order valence-electron chi connectivity index (χ2n) is 6.22. The molecule has 1 N–H and O–H groups in total. The number of hydrogen-bond acceptors (Lipinski definition) is 3. The van der Waals surface area contributed by atoms with Gasteiger partial charge in [0.1, 0.15) is 17.2 Å². The van der Waals surface area contributed by atoms with Crippen molar-refractivity contribution in [2.45, 2.75) is 20.3 Å². The van der Waals surface area contributed by atoms with E-state index in [-0.39, 0.29) is 5.91 Å². The summed E-state index contributed by atoms with van der Waals surface area (Å²) in [4.78, 5) is 12.6. The number of amides is 1. The molecule has 0 saturated carbocycles. The van der Waals surface area contributed by atoms with Gasteiger partial charge >= 0.3 is 0 Å². The van der Waals surface area contributed by atoms with Crippen molar-refractivity contribution in [1.82, 2.24) is 0 Å². The first-order valence-corrected chi connectivity index (χ1v) is 8.92. The molecule has 0 fully saturated rings. The Bertz CT molecular complexity index is 915. The molecule has 3 aromatic carbocycles. The Morgan fingerprint density at radius 3 is 2.07 bits per heavy atom. The molecule has 3 aromatic rings. The average Bonchev–Trinajstić information content (AvgIpc) is 2.70. The molecular formula is C23H23NO3. The van der Waals surface area contributed by atoms with Gasteiger partial charge in [0, 0.05) is 11.3 Å². The topological polar surface area (TPSA) is 47.6 Å². The number of hydrogen-bond donors (Lipinski definition) is 1. The number of nitrogens with one attached hydrogen (secondary N) is 1. The van der Waals surface area contributed by atoms with E-state index in [1.54, 1.807) is 31.4 Å². The maximum Gasteiger partial charge on any atom is 0.255 e. The number of aryl methyl sites for hydroxylation is 2. The van der Waals surface area contributed by atoms with Gasteiger partial charge in [-0.15, -0.1) is 0 Å². The van der Waals surface area contributed by atoms with Gasteiger partial charge in [-0.2, -0.15) is 0 Å². The van der Waals surface area contributed by atoms with Gasteiger partial charge in [-0.3, -0.25) is 4.79 Å². The molecule has 4 heteroatoms. The van der Waals surface area contributed by atoms with E-state index >= 15 is 0 Å². The molecule has 3 rings (SSSR count). The molecule has 0 bridgehead atoms. The van der Waals surface area contributed by atoms with Gasteiger partial charge in [-0.05, 0) is 73.0 Å². The SMILES string of the molecule is CCc1cccc(C)c1NC(=O)c1ccc(Oc2ccc(OC)cc2)cc1. The number of methoxy groups -OCH3 is 1. The van der Waals surface area contributed by atoms with E-state index < -0.39 is 0 Å². The number of anilines is 1. The van der Waals surface area contributed by atoms with E-state index in [4.69, 9.17) is 9.47 Å². The summed E-state index contributed by atoms with van der Waals surface area (Å²) in [6, 6.07) is 20.5. The van der Waals surface area contributed by atoms with Gasteiger partial charge in [-0.25, -0.2) is 0 Å². The molecule has 4 nitrogen and oxygen atoms in total. The molecule has 0 aliphatic heterocycles. The Balaban J connectivity index is 1.70. The van der Waals surface area contributed by atoms with E-state index in [1.165, 1.54) is 0 Å². The molecule has 27 heavy (non-hydrogen) atoms. The highest BCUT2D eigenvalue weighted by Crippen LogP contribution is 2.25. The van der Waals surface area contributed by atoms with Gasteiger partial charge in [0.25, 0.3) is 5.91 Å². The average molecular weight is 361 g/mol. The number of para-hydroxylation sites is 1. The predicted octanol–water partition coefficient (Wildman–Crippen LogP) is 5.61. The Morgan fingerprint density at radius 2 is 1.48 bits per heavy atom. The maximum atomic E-state index is 12.6. The summed E-state index contributed by atoms with van der Waals surface area (Å²) in [5.41, 5.74) is 3.66. The molecule has 0 spiro atoms. The highest BCUT2D eigenvalue weighted by molar-refractivity contribution is 6.05. The fourth-order valence-electron chi connectivity index (χ4n) is 2.84. The van der Waals surface area contributed by atoms with Gasteiger partial charge in [0.2, 0.25) is 0 Å². The monoisotopic (exact) mass is 361 g/mol. The minimum Gasteiger partial charge on any atom is -0.497 e. The third kappa shape index (κ3) is 4.47. The number of rotatable bonds is 6. The van der Waals surface area contributed by atoms with Gasteiger partial charge in [0.15, 0.2) is 0 Å². The van der Waals surface area contributed by atoms with Crippen molar-refractivity contribution >= 4 is 11.6 Å². The molecule has 0 saturated heterocycles. The van der Waals surface area contributed by atoms with Gasteiger partial charge in [0.05, 0.1) is 7.11 Å². The van der Waals surface area contributed by atoms with Crippen LogP contribution in [0.15, 0.2) is 66.7 Å². The number of benzene rings is 3. The normalized spacial score (nSPS) is 10.3. The summed E-state index contributed by atoms with van der Waals surface area (Å²) in [6.07, 6.45) is 0.867. The summed E-state index contributed by atoms with van der Waals surface area (Å²) in [5.74, 6) is 2.02. The van der Waals surface area contributed by atoms with Crippen molar-refractivity contribution in [2.75, 3.05) is 12.4 Å². The standard InChI is InChI=1S/C23H23NO3/c1-4-17-7-5-6-16(2)22(17)24-23(25)18-8-10-20(11-9-18)27-21-14-12-19(26-3)13-15-21/h5-15H,4H2,1-3H3,(H,24,25). The van der Waals surface area contributed by atoms with E-state index in [1.807, 2.05) is 49.4 Å². The smallest absolute Gasteiger partial charge is 0.255 e. The Labute approximate surface area is 159 Å². The van der Waals surface area contributed by atoms with Crippen LogP contribution in [-0.2, 0) is 6.42 Å². The molecule has 0 unspecified atom stereocenters. The molecule has 0 aromatic heterocycles. The highest BCUT2D eigenvalue weighted by Gasteiger charge is 2.11. The van der Waals surface area contributed by atoms with Gasteiger partial charge in [-0.1, -0.05) is 25.1 Å². The summed E-state index contributed by atoms with van der Waals surface area (Å²) >= 11 is 0. The zero-order valence-electron chi connectivity index (χ0n) is 15.8. The lowest BCUT2D eigenvalue weighted by Crippen LogP contribution is -2.14. The molecular weight excluding hydrogens is 338 g/mol. The van der Waals surface area contributed by atoms with E-state index in [0.29, 0.717) is 17.1 Å². The number of ether oxygens (including phenoxy) is 2. The summed E-state index contributed by atoms with van der Waals surface area (Å²) in [7, 11) is 1.63. The lowest BCUT2D eigenvalue weighted by atomic mass is 10.1. The van der Waals surface area contributed by atoms with Crippen molar-refractivity contribution in [3.63, 3.8) is 0 Å². The van der Waals surface area contributed by atoms with E-state index in [9.17, 15) is 4.79 Å². The summed E-state index contributed by atoms with van der Waals surface area (Å²) < 4.78 is 10.9. The second-order valence-corrected chi connectivity index (χ2v) is 6.22. The van der Waals surface area contributed by atoms with Crippen LogP contribution in [0.25, 0.3) is 0 Å². The summed E-state index contributed by atoms with van der Waals surface area (Å²) in [5, 5.41) is 3.03. The lowest BCUT2D eigenvalue weighted by molar-refractivity contribution is 0.102. The highest BCUT2D eigenvalue weighted by atomic mass is 16.5. The van der Waals surface area contributed by atoms with Crippen molar-refractivity contribution < 1.29 is 14.3 Å². The third-order valence-corrected chi connectivity index (χ3v) is 4.39. The van der Waals surface area contributed by atoms with Crippen LogP contribution in [0, 0.1) is 6.92 Å². The van der Waals surface area contributed by atoms with Crippen LogP contribution in [0.2, 0.25) is 0 Å². The van der Waals surface area contributed by atoms with E-state index in [0.717, 1.165) is 29.0 Å².